The molecule has 0 aromatic heterocycles. The highest BCUT2D eigenvalue weighted by atomic mass is 16.6. The Morgan fingerprint density at radius 1 is 1.32 bits per heavy atom. The molecule has 0 radical (unpaired) electrons. The van der Waals surface area contributed by atoms with E-state index in [1.807, 2.05) is 0 Å². The van der Waals surface area contributed by atoms with E-state index in [0.717, 1.165) is 0 Å². The minimum absolute atomic E-state index is 0.0787. The van der Waals surface area contributed by atoms with Gasteiger partial charge in [-0.1, -0.05) is 24.8 Å². The summed E-state index contributed by atoms with van der Waals surface area (Å²) in [5.74, 6) is -0.530. The smallest absolute Gasteiger partial charge is 0.412 e. The number of likely N-dealkylation sites (tertiary alicyclic amines) is 1. The molecule has 0 aromatic rings. The van der Waals surface area contributed by atoms with Crippen LogP contribution >= 0.6 is 0 Å². The first kappa shape index (κ1) is 18.0. The fourth-order valence-corrected chi connectivity index (χ4v) is 2.49. The Hall–Kier alpha value is -2.04. The minimum Gasteiger partial charge on any atom is -0.459 e. The molecule has 122 valence electrons. The van der Waals surface area contributed by atoms with Gasteiger partial charge in [0, 0.05) is 0 Å². The summed E-state index contributed by atoms with van der Waals surface area (Å²) in [5.41, 5.74) is -1.90. The van der Waals surface area contributed by atoms with Crippen molar-refractivity contribution in [1.82, 2.24) is 4.90 Å². The molecule has 0 aliphatic carbocycles. The maximum absolute atomic E-state index is 12.6. The van der Waals surface area contributed by atoms with Crippen LogP contribution in [-0.4, -0.2) is 40.8 Å². The van der Waals surface area contributed by atoms with Gasteiger partial charge in [-0.05, 0) is 33.6 Å². The van der Waals surface area contributed by atoms with Crippen molar-refractivity contribution in [3.05, 3.63) is 38.0 Å². The Morgan fingerprint density at radius 2 is 1.95 bits per heavy atom. The molecule has 2 atom stereocenters. The summed E-state index contributed by atoms with van der Waals surface area (Å²) >= 11 is 0. The molecule has 1 aliphatic rings. The first-order valence-corrected chi connectivity index (χ1v) is 7.28. The van der Waals surface area contributed by atoms with Crippen LogP contribution in [0.2, 0.25) is 0 Å². The Morgan fingerprint density at radius 3 is 2.41 bits per heavy atom. The SMILES string of the molecule is C=CCOC(=O)[C@@]1(C=C)CC[C@H](C=C)N1C(=O)OC(C)(C)C. The zero-order valence-corrected chi connectivity index (χ0v) is 13.6. The maximum atomic E-state index is 12.6. The van der Waals surface area contributed by atoms with Crippen LogP contribution in [0.1, 0.15) is 33.6 Å². The van der Waals surface area contributed by atoms with Gasteiger partial charge in [0.05, 0.1) is 6.04 Å². The lowest BCUT2D eigenvalue weighted by molar-refractivity contribution is -0.152. The fourth-order valence-electron chi connectivity index (χ4n) is 2.49. The average molecular weight is 307 g/mol. The van der Waals surface area contributed by atoms with E-state index in [9.17, 15) is 9.59 Å². The van der Waals surface area contributed by atoms with Crippen LogP contribution in [0.25, 0.3) is 0 Å². The molecule has 0 spiro atoms. The largest absolute Gasteiger partial charge is 0.459 e. The molecule has 0 bridgehead atoms. The predicted octanol–water partition coefficient (Wildman–Crippen LogP) is 3.23. The standard InChI is InChI=1S/C17H25NO4/c1-7-12-21-14(19)17(9-3)11-10-13(8-2)18(17)15(20)22-16(4,5)6/h7-9,13H,1-3,10-12H2,4-6H3/t13-,17+/m0/s1. The molecule has 1 amide bonds. The number of hydrogen-bond donors (Lipinski definition) is 0. The van der Waals surface area contributed by atoms with E-state index < -0.39 is 23.2 Å². The van der Waals surface area contributed by atoms with E-state index in [0.29, 0.717) is 12.8 Å². The van der Waals surface area contributed by atoms with Gasteiger partial charge in [-0.25, -0.2) is 9.59 Å². The van der Waals surface area contributed by atoms with Gasteiger partial charge in [-0.2, -0.15) is 0 Å². The molecule has 5 heteroatoms. The van der Waals surface area contributed by atoms with Crippen molar-refractivity contribution in [1.29, 1.82) is 0 Å². The topological polar surface area (TPSA) is 55.8 Å². The summed E-state index contributed by atoms with van der Waals surface area (Å²) in [7, 11) is 0. The molecule has 0 aromatic carbocycles. The van der Waals surface area contributed by atoms with Crippen molar-refractivity contribution in [3.8, 4) is 0 Å². The Balaban J connectivity index is 3.15. The summed E-state index contributed by atoms with van der Waals surface area (Å²) in [6, 6.07) is -0.302. The van der Waals surface area contributed by atoms with Gasteiger partial charge < -0.3 is 9.47 Å². The van der Waals surface area contributed by atoms with Gasteiger partial charge >= 0.3 is 12.1 Å². The average Bonchev–Trinajstić information content (AvgIpc) is 2.82. The van der Waals surface area contributed by atoms with Gasteiger partial charge in [-0.3, -0.25) is 4.90 Å². The molecule has 0 unspecified atom stereocenters. The monoisotopic (exact) mass is 307 g/mol. The minimum atomic E-state index is -1.23. The number of hydrogen-bond acceptors (Lipinski definition) is 4. The number of rotatable bonds is 5. The van der Waals surface area contributed by atoms with Gasteiger partial charge in [0.2, 0.25) is 0 Å². The number of esters is 1. The predicted molar refractivity (Wildman–Crippen MR) is 85.4 cm³/mol. The highest BCUT2D eigenvalue weighted by Gasteiger charge is 2.53. The van der Waals surface area contributed by atoms with Crippen LogP contribution in [-0.2, 0) is 14.3 Å². The lowest BCUT2D eigenvalue weighted by atomic mass is 9.96. The third-order valence-electron chi connectivity index (χ3n) is 3.47. The Bertz CT molecular complexity index is 478. The molecule has 22 heavy (non-hydrogen) atoms. The Kier molecular flexibility index (Phi) is 5.58. The molecular weight excluding hydrogens is 282 g/mol. The summed E-state index contributed by atoms with van der Waals surface area (Å²) < 4.78 is 10.6. The molecule has 0 saturated carbocycles. The molecule has 0 N–H and O–H groups in total. The van der Waals surface area contributed by atoms with Crippen molar-refractivity contribution in [3.63, 3.8) is 0 Å². The second-order valence-corrected chi connectivity index (χ2v) is 6.21. The summed E-state index contributed by atoms with van der Waals surface area (Å²) in [6.07, 6.45) is 5.00. The highest BCUT2D eigenvalue weighted by molar-refractivity contribution is 5.89. The molecule has 1 rings (SSSR count). The van der Waals surface area contributed by atoms with Crippen LogP contribution in [0, 0.1) is 0 Å². The van der Waals surface area contributed by atoms with Crippen LogP contribution in [0.5, 0.6) is 0 Å². The van der Waals surface area contributed by atoms with Crippen LogP contribution in [0.15, 0.2) is 38.0 Å². The van der Waals surface area contributed by atoms with Crippen molar-refractivity contribution >= 4 is 12.1 Å². The van der Waals surface area contributed by atoms with Crippen LogP contribution in [0.3, 0.4) is 0 Å². The molecule has 1 heterocycles. The zero-order valence-electron chi connectivity index (χ0n) is 13.6. The van der Waals surface area contributed by atoms with E-state index in [2.05, 4.69) is 19.7 Å². The molecular formula is C17H25NO4. The third kappa shape index (κ3) is 3.59. The van der Waals surface area contributed by atoms with E-state index in [1.54, 1.807) is 26.8 Å². The van der Waals surface area contributed by atoms with E-state index in [4.69, 9.17) is 9.47 Å². The summed E-state index contributed by atoms with van der Waals surface area (Å²) in [5, 5.41) is 0. The van der Waals surface area contributed by atoms with Crippen molar-refractivity contribution < 1.29 is 19.1 Å². The van der Waals surface area contributed by atoms with Gasteiger partial charge in [0.1, 0.15) is 12.2 Å². The number of nitrogens with zero attached hydrogens (tertiary/aromatic N) is 1. The fraction of sp³-hybridized carbons (Fsp3) is 0.529. The quantitative estimate of drug-likeness (QED) is 0.578. The number of carbonyl (C=O) groups excluding carboxylic acids is 2. The number of amides is 1. The van der Waals surface area contributed by atoms with Gasteiger partial charge in [0.25, 0.3) is 0 Å². The molecule has 1 fully saturated rings. The number of ether oxygens (including phenoxy) is 2. The van der Waals surface area contributed by atoms with Gasteiger partial charge in [0.15, 0.2) is 5.54 Å². The first-order chi connectivity index (χ1) is 10.2. The molecule has 1 aliphatic heterocycles. The summed E-state index contributed by atoms with van der Waals surface area (Å²) in [4.78, 5) is 26.4. The van der Waals surface area contributed by atoms with E-state index >= 15 is 0 Å². The number of carbonyl (C=O) groups is 2. The maximum Gasteiger partial charge on any atom is 0.412 e. The lowest BCUT2D eigenvalue weighted by Crippen LogP contribution is -2.55. The van der Waals surface area contributed by atoms with Crippen LogP contribution < -0.4 is 0 Å². The van der Waals surface area contributed by atoms with Crippen molar-refractivity contribution in [2.75, 3.05) is 6.61 Å². The highest BCUT2D eigenvalue weighted by Crippen LogP contribution is 2.38. The second kappa shape index (κ2) is 6.81. The van der Waals surface area contributed by atoms with E-state index in [1.165, 1.54) is 17.1 Å². The lowest BCUT2D eigenvalue weighted by Gasteiger charge is -2.37. The Labute approximate surface area is 132 Å². The second-order valence-electron chi connectivity index (χ2n) is 6.21. The zero-order chi connectivity index (χ0) is 17.0. The summed E-state index contributed by atoms with van der Waals surface area (Å²) in [6.45, 7) is 16.4. The molecule has 1 saturated heterocycles. The molecule has 5 nitrogen and oxygen atoms in total. The van der Waals surface area contributed by atoms with Crippen molar-refractivity contribution in [2.45, 2.75) is 50.8 Å². The van der Waals surface area contributed by atoms with Crippen LogP contribution in [0.4, 0.5) is 4.79 Å². The van der Waals surface area contributed by atoms with Crippen molar-refractivity contribution in [2.24, 2.45) is 0 Å². The van der Waals surface area contributed by atoms with E-state index in [-0.39, 0.29) is 12.6 Å². The normalized spacial score (nSPS) is 24.5. The first-order valence-electron chi connectivity index (χ1n) is 7.28. The van der Waals surface area contributed by atoms with Gasteiger partial charge in [-0.15, -0.1) is 13.2 Å². The third-order valence-corrected chi connectivity index (χ3v) is 3.47.